The largest absolute Gasteiger partial charge is 0.311 e. The van der Waals surface area contributed by atoms with E-state index in [0.29, 0.717) is 0 Å². The lowest BCUT2D eigenvalue weighted by Crippen LogP contribution is -2.52. The quantitative estimate of drug-likeness (QED) is 0.481. The molecule has 0 aromatic rings. The number of hydrogen-bond acceptors (Lipinski definition) is 2. The Morgan fingerprint density at radius 1 is 0.889 bits per heavy atom. The van der Waals surface area contributed by atoms with Crippen LogP contribution in [0.3, 0.4) is 0 Å². The van der Waals surface area contributed by atoms with Gasteiger partial charge < -0.3 is 10.6 Å². The Balaban J connectivity index is 1.97. The smallest absolute Gasteiger partial charge is 0.0221 e. The van der Waals surface area contributed by atoms with Crippen molar-refractivity contribution in [2.75, 3.05) is 13.1 Å². The van der Waals surface area contributed by atoms with Crippen molar-refractivity contribution >= 4 is 0 Å². The van der Waals surface area contributed by atoms with Crippen LogP contribution in [-0.4, -0.2) is 25.2 Å². The Hall–Kier alpha value is -0.0800. The van der Waals surface area contributed by atoms with E-state index in [-0.39, 0.29) is 0 Å². The van der Waals surface area contributed by atoms with Crippen molar-refractivity contribution in [1.29, 1.82) is 0 Å². The summed E-state index contributed by atoms with van der Waals surface area (Å²) in [6.07, 6.45) is 4.19. The van der Waals surface area contributed by atoms with Crippen LogP contribution in [0.2, 0.25) is 0 Å². The summed E-state index contributed by atoms with van der Waals surface area (Å²) < 4.78 is 0. The number of rotatable bonds is 0. The summed E-state index contributed by atoms with van der Waals surface area (Å²) in [5.74, 6) is 0. The minimum Gasteiger partial charge on any atom is -0.311 e. The van der Waals surface area contributed by atoms with Crippen molar-refractivity contribution in [3.8, 4) is 0 Å². The van der Waals surface area contributed by atoms with Gasteiger partial charge in [0, 0.05) is 25.2 Å². The van der Waals surface area contributed by atoms with Crippen LogP contribution in [-0.2, 0) is 0 Å². The predicted octanol–water partition coefficient (Wildman–Crippen LogP) is 0.100. The first kappa shape index (κ1) is 5.69. The topological polar surface area (TPSA) is 24.1 Å². The van der Waals surface area contributed by atoms with Crippen LogP contribution < -0.4 is 10.6 Å². The van der Waals surface area contributed by atoms with Gasteiger partial charge in [-0.2, -0.15) is 0 Å². The zero-order valence-corrected chi connectivity index (χ0v) is 5.69. The summed E-state index contributed by atoms with van der Waals surface area (Å²) in [4.78, 5) is 0. The number of piperazine rings is 1. The van der Waals surface area contributed by atoms with Gasteiger partial charge in [-0.15, -0.1) is 0 Å². The molecule has 9 heavy (non-hydrogen) atoms. The Bertz CT molecular complexity index is 91.1. The first-order valence-corrected chi connectivity index (χ1v) is 3.93. The average molecular weight is 126 g/mol. The Kier molecular flexibility index (Phi) is 1.44. The third kappa shape index (κ3) is 0.970. The molecular formula is C7H14N2. The Morgan fingerprint density at radius 3 is 2.00 bits per heavy atom. The van der Waals surface area contributed by atoms with Crippen LogP contribution in [0.25, 0.3) is 0 Å². The van der Waals surface area contributed by atoms with Crippen molar-refractivity contribution in [3.05, 3.63) is 0 Å². The van der Waals surface area contributed by atoms with Crippen LogP contribution in [0, 0.1) is 0 Å². The molecule has 0 unspecified atom stereocenters. The van der Waals surface area contributed by atoms with E-state index in [2.05, 4.69) is 10.6 Å². The molecule has 0 amide bonds. The molecule has 2 aliphatic rings. The number of nitrogens with one attached hydrogen (secondary N) is 2. The molecule has 1 saturated heterocycles. The molecule has 1 aliphatic heterocycles. The van der Waals surface area contributed by atoms with E-state index in [1.807, 2.05) is 0 Å². The van der Waals surface area contributed by atoms with Gasteiger partial charge in [0.05, 0.1) is 0 Å². The standard InChI is InChI=1S/C7H14N2/c1-2-6-7(3-1)9-5-4-8-6/h6-9H,1-5H2/t6-,7-/m1/s1. The maximum atomic E-state index is 3.52. The van der Waals surface area contributed by atoms with E-state index in [0.717, 1.165) is 12.1 Å². The van der Waals surface area contributed by atoms with Crippen LogP contribution in [0.15, 0.2) is 0 Å². The summed E-state index contributed by atoms with van der Waals surface area (Å²) in [6.45, 7) is 2.34. The van der Waals surface area contributed by atoms with Gasteiger partial charge in [-0.25, -0.2) is 0 Å². The van der Waals surface area contributed by atoms with Gasteiger partial charge in [-0.05, 0) is 12.8 Å². The molecule has 2 rings (SSSR count). The van der Waals surface area contributed by atoms with E-state index in [4.69, 9.17) is 0 Å². The molecular weight excluding hydrogens is 112 g/mol. The Morgan fingerprint density at radius 2 is 1.44 bits per heavy atom. The maximum absolute atomic E-state index is 3.52. The predicted molar refractivity (Wildman–Crippen MR) is 37.4 cm³/mol. The number of fused-ring (bicyclic) bond motifs is 1. The second kappa shape index (κ2) is 2.27. The maximum Gasteiger partial charge on any atom is 0.0221 e. The van der Waals surface area contributed by atoms with E-state index >= 15 is 0 Å². The van der Waals surface area contributed by atoms with Gasteiger partial charge >= 0.3 is 0 Å². The highest BCUT2D eigenvalue weighted by Crippen LogP contribution is 2.19. The minimum absolute atomic E-state index is 0.804. The second-order valence-electron chi connectivity index (χ2n) is 3.05. The Labute approximate surface area is 56.0 Å². The molecule has 0 aromatic carbocycles. The highest BCUT2D eigenvalue weighted by Gasteiger charge is 2.28. The normalized spacial score (nSPS) is 42.7. The fourth-order valence-electron chi connectivity index (χ4n) is 1.96. The molecule has 0 bridgehead atoms. The molecule has 1 heterocycles. The van der Waals surface area contributed by atoms with Crippen molar-refractivity contribution in [1.82, 2.24) is 10.6 Å². The highest BCUT2D eigenvalue weighted by molar-refractivity contribution is 4.91. The first-order chi connectivity index (χ1) is 4.47. The van der Waals surface area contributed by atoms with Crippen molar-refractivity contribution < 1.29 is 0 Å². The van der Waals surface area contributed by atoms with Gasteiger partial charge in [0.25, 0.3) is 0 Å². The third-order valence-electron chi connectivity index (χ3n) is 2.45. The molecule has 2 fully saturated rings. The average Bonchev–Trinajstić information content (AvgIpc) is 2.33. The molecule has 0 radical (unpaired) electrons. The molecule has 2 N–H and O–H groups in total. The molecule has 2 nitrogen and oxygen atoms in total. The molecule has 52 valence electrons. The zero-order chi connectivity index (χ0) is 6.10. The zero-order valence-electron chi connectivity index (χ0n) is 5.69. The molecule has 2 atom stereocenters. The first-order valence-electron chi connectivity index (χ1n) is 3.93. The summed E-state index contributed by atoms with van der Waals surface area (Å²) >= 11 is 0. The van der Waals surface area contributed by atoms with Crippen LogP contribution in [0.4, 0.5) is 0 Å². The fraction of sp³-hybridized carbons (Fsp3) is 1.00. The van der Waals surface area contributed by atoms with Crippen LogP contribution in [0.5, 0.6) is 0 Å². The summed E-state index contributed by atoms with van der Waals surface area (Å²) in [7, 11) is 0. The van der Waals surface area contributed by atoms with E-state index < -0.39 is 0 Å². The van der Waals surface area contributed by atoms with Gasteiger partial charge in [0.15, 0.2) is 0 Å². The van der Waals surface area contributed by atoms with E-state index in [1.54, 1.807) is 0 Å². The monoisotopic (exact) mass is 126 g/mol. The van der Waals surface area contributed by atoms with Crippen LogP contribution >= 0.6 is 0 Å². The van der Waals surface area contributed by atoms with Gasteiger partial charge in [-0.3, -0.25) is 0 Å². The minimum atomic E-state index is 0.804. The fourth-order valence-corrected chi connectivity index (χ4v) is 1.96. The second-order valence-corrected chi connectivity index (χ2v) is 3.05. The number of hydrogen-bond donors (Lipinski definition) is 2. The van der Waals surface area contributed by atoms with Crippen molar-refractivity contribution in [2.45, 2.75) is 31.3 Å². The molecule has 0 spiro atoms. The molecule has 2 heteroatoms. The van der Waals surface area contributed by atoms with Gasteiger partial charge in [-0.1, -0.05) is 6.42 Å². The van der Waals surface area contributed by atoms with Crippen LogP contribution in [0.1, 0.15) is 19.3 Å². The van der Waals surface area contributed by atoms with Crippen molar-refractivity contribution in [3.63, 3.8) is 0 Å². The van der Waals surface area contributed by atoms with Crippen molar-refractivity contribution in [2.24, 2.45) is 0 Å². The summed E-state index contributed by atoms with van der Waals surface area (Å²) in [6, 6.07) is 1.61. The molecule has 0 aromatic heterocycles. The highest BCUT2D eigenvalue weighted by atomic mass is 15.1. The lowest BCUT2D eigenvalue weighted by Gasteiger charge is -2.27. The van der Waals surface area contributed by atoms with Gasteiger partial charge in [0.1, 0.15) is 0 Å². The van der Waals surface area contributed by atoms with Gasteiger partial charge in [0.2, 0.25) is 0 Å². The lowest BCUT2D eigenvalue weighted by atomic mass is 10.1. The summed E-state index contributed by atoms with van der Waals surface area (Å²) in [5, 5.41) is 7.04. The lowest BCUT2D eigenvalue weighted by molar-refractivity contribution is 0.358. The third-order valence-corrected chi connectivity index (χ3v) is 2.45. The molecule has 1 saturated carbocycles. The van der Waals surface area contributed by atoms with E-state index in [1.165, 1.54) is 32.4 Å². The van der Waals surface area contributed by atoms with E-state index in [9.17, 15) is 0 Å². The SMILES string of the molecule is C1C[C@H]2NCCN[C@@H]2C1. The summed E-state index contributed by atoms with van der Waals surface area (Å²) in [5.41, 5.74) is 0. The molecule has 1 aliphatic carbocycles.